The second-order valence-electron chi connectivity index (χ2n) is 8.70. The molecule has 7 heteroatoms. The zero-order valence-corrected chi connectivity index (χ0v) is 19.2. The van der Waals surface area contributed by atoms with Gasteiger partial charge >= 0.3 is 0 Å². The number of nitriles is 1. The minimum atomic E-state index is 0.0498. The lowest BCUT2D eigenvalue weighted by Gasteiger charge is -2.17. The fraction of sp³-hybridized carbons (Fsp3) is 0.308. The van der Waals surface area contributed by atoms with Gasteiger partial charge in [0.2, 0.25) is 0 Å². The summed E-state index contributed by atoms with van der Waals surface area (Å²) < 4.78 is 7.43. The van der Waals surface area contributed by atoms with Gasteiger partial charge in [-0.05, 0) is 54.2 Å². The van der Waals surface area contributed by atoms with Crippen molar-refractivity contribution >= 4 is 17.1 Å². The number of para-hydroxylation sites is 2. The van der Waals surface area contributed by atoms with Gasteiger partial charge < -0.3 is 15.5 Å². The van der Waals surface area contributed by atoms with Crippen LogP contribution in [0.2, 0.25) is 0 Å². The molecule has 4 rings (SSSR count). The summed E-state index contributed by atoms with van der Waals surface area (Å²) >= 11 is 0. The molecule has 0 aliphatic heterocycles. The highest BCUT2D eigenvalue weighted by Gasteiger charge is 2.30. The second kappa shape index (κ2) is 9.70. The van der Waals surface area contributed by atoms with E-state index in [2.05, 4.69) is 35.5 Å². The van der Waals surface area contributed by atoms with E-state index in [9.17, 15) is 5.26 Å². The molecule has 1 saturated carbocycles. The summed E-state index contributed by atoms with van der Waals surface area (Å²) in [6.07, 6.45) is 4.16. The lowest BCUT2D eigenvalue weighted by atomic mass is 10.0. The van der Waals surface area contributed by atoms with Gasteiger partial charge in [-0.3, -0.25) is 0 Å². The van der Waals surface area contributed by atoms with Crippen molar-refractivity contribution in [1.82, 2.24) is 15.0 Å². The van der Waals surface area contributed by atoms with Crippen LogP contribution in [0.1, 0.15) is 49.6 Å². The van der Waals surface area contributed by atoms with E-state index >= 15 is 0 Å². The molecule has 0 saturated heterocycles. The molecule has 3 aromatic rings. The Morgan fingerprint density at radius 2 is 1.97 bits per heavy atom. The van der Waals surface area contributed by atoms with Crippen LogP contribution in [0.3, 0.4) is 0 Å². The number of allylic oxidation sites excluding steroid dienone is 1. The number of anilines is 1. The van der Waals surface area contributed by atoms with Gasteiger partial charge in [0.05, 0.1) is 41.9 Å². The Morgan fingerprint density at radius 3 is 2.67 bits per heavy atom. The highest BCUT2D eigenvalue weighted by molar-refractivity contribution is 6.08. The summed E-state index contributed by atoms with van der Waals surface area (Å²) in [4.78, 5) is 0. The van der Waals surface area contributed by atoms with E-state index in [4.69, 9.17) is 10.1 Å². The van der Waals surface area contributed by atoms with E-state index in [-0.39, 0.29) is 6.04 Å². The van der Waals surface area contributed by atoms with E-state index in [1.807, 2.05) is 47.3 Å². The van der Waals surface area contributed by atoms with E-state index in [0.29, 0.717) is 30.0 Å². The molecule has 0 bridgehead atoms. The van der Waals surface area contributed by atoms with Gasteiger partial charge in [-0.2, -0.15) is 5.26 Å². The van der Waals surface area contributed by atoms with Crippen LogP contribution < -0.4 is 10.1 Å². The zero-order valence-electron chi connectivity index (χ0n) is 19.2. The van der Waals surface area contributed by atoms with E-state index in [1.54, 1.807) is 19.2 Å². The van der Waals surface area contributed by atoms with Crippen LogP contribution in [-0.4, -0.2) is 27.8 Å². The van der Waals surface area contributed by atoms with Gasteiger partial charge in [0.15, 0.2) is 0 Å². The van der Waals surface area contributed by atoms with Crippen molar-refractivity contribution in [3.05, 3.63) is 77.1 Å². The van der Waals surface area contributed by atoms with Gasteiger partial charge in [-0.15, -0.1) is 5.10 Å². The average Bonchev–Trinajstić information content (AvgIpc) is 3.44. The Morgan fingerprint density at radius 1 is 1.21 bits per heavy atom. The summed E-state index contributed by atoms with van der Waals surface area (Å²) in [6, 6.07) is 17.4. The molecule has 0 amide bonds. The molecular weight excluding hydrogens is 412 g/mol. The predicted molar refractivity (Wildman–Crippen MR) is 129 cm³/mol. The zero-order chi connectivity index (χ0) is 23.4. The third-order valence-electron chi connectivity index (χ3n) is 5.76. The highest BCUT2D eigenvalue weighted by Crippen LogP contribution is 2.38. The number of hydrogen-bond acceptors (Lipinski definition) is 6. The normalized spacial score (nSPS) is 17.2. The van der Waals surface area contributed by atoms with E-state index in [1.165, 1.54) is 0 Å². The number of ether oxygens (including phenoxy) is 1. The summed E-state index contributed by atoms with van der Waals surface area (Å²) in [5.41, 5.74) is 5.66. The predicted octanol–water partition coefficient (Wildman–Crippen LogP) is 5.23. The van der Waals surface area contributed by atoms with Gasteiger partial charge in [-0.25, -0.2) is 4.68 Å². The first-order chi connectivity index (χ1) is 16.0. The molecule has 1 aliphatic rings. The first-order valence-corrected chi connectivity index (χ1v) is 11.1. The van der Waals surface area contributed by atoms with Crippen LogP contribution in [0.15, 0.2) is 60.3 Å². The van der Waals surface area contributed by atoms with Crippen LogP contribution in [0, 0.1) is 22.7 Å². The maximum absolute atomic E-state index is 9.20. The van der Waals surface area contributed by atoms with Crippen molar-refractivity contribution in [3.8, 4) is 11.8 Å². The van der Waals surface area contributed by atoms with Crippen molar-refractivity contribution < 1.29 is 4.74 Å². The second-order valence-corrected chi connectivity index (χ2v) is 8.70. The molecule has 1 aromatic heterocycles. The van der Waals surface area contributed by atoms with Gasteiger partial charge in [0.1, 0.15) is 5.75 Å². The summed E-state index contributed by atoms with van der Waals surface area (Å²) in [5, 5.41) is 30.2. The maximum Gasteiger partial charge on any atom is 0.142 e. The molecule has 168 valence electrons. The van der Waals surface area contributed by atoms with Crippen LogP contribution >= 0.6 is 0 Å². The first-order valence-electron chi connectivity index (χ1n) is 11.1. The fourth-order valence-electron chi connectivity index (χ4n) is 4.15. The van der Waals surface area contributed by atoms with Gasteiger partial charge in [0.25, 0.3) is 0 Å². The quantitative estimate of drug-likeness (QED) is 0.524. The molecule has 2 N–H and O–H groups in total. The average molecular weight is 441 g/mol. The van der Waals surface area contributed by atoms with Crippen LogP contribution in [-0.2, 0) is 6.42 Å². The van der Waals surface area contributed by atoms with Gasteiger partial charge in [0, 0.05) is 18.3 Å². The van der Waals surface area contributed by atoms with Crippen molar-refractivity contribution in [3.63, 3.8) is 0 Å². The number of methoxy groups -OCH3 is 1. The molecule has 7 nitrogen and oxygen atoms in total. The number of hydrogen-bond donors (Lipinski definition) is 2. The molecule has 1 fully saturated rings. The smallest absolute Gasteiger partial charge is 0.142 e. The van der Waals surface area contributed by atoms with Crippen molar-refractivity contribution in [2.24, 2.45) is 5.92 Å². The molecule has 33 heavy (non-hydrogen) atoms. The number of nitrogens with one attached hydrogen (secondary N) is 2. The number of benzene rings is 2. The molecule has 0 spiro atoms. The highest BCUT2D eigenvalue weighted by atomic mass is 16.5. The molecule has 1 aliphatic carbocycles. The van der Waals surface area contributed by atoms with E-state index in [0.717, 1.165) is 40.4 Å². The van der Waals surface area contributed by atoms with Crippen molar-refractivity contribution in [2.45, 2.75) is 39.2 Å². The molecular formula is C26H28N6O. The topological polar surface area (TPSA) is 99.6 Å². The minimum Gasteiger partial charge on any atom is -0.495 e. The Bertz CT molecular complexity index is 1220. The third-order valence-corrected chi connectivity index (χ3v) is 5.76. The molecule has 1 heterocycles. The summed E-state index contributed by atoms with van der Waals surface area (Å²) in [6.45, 7) is 4.33. The summed E-state index contributed by atoms with van der Waals surface area (Å²) in [5.74, 6) is 1.24. The SMILES string of the molecule is COc1ccccc1N/C(=C1/C[C@H](n2cc(CC(C)C)nn2)CC1=N)c1ccc(C#N)cc1. The Balaban J connectivity index is 1.71. The van der Waals surface area contributed by atoms with Crippen LogP contribution in [0.5, 0.6) is 5.75 Å². The lowest BCUT2D eigenvalue weighted by molar-refractivity contribution is 0.417. The lowest BCUT2D eigenvalue weighted by Crippen LogP contribution is -2.07. The Labute approximate surface area is 194 Å². The maximum atomic E-state index is 9.20. The number of aromatic nitrogens is 3. The third kappa shape index (κ3) is 4.96. The fourth-order valence-corrected chi connectivity index (χ4v) is 4.15. The largest absolute Gasteiger partial charge is 0.495 e. The Hall–Kier alpha value is -3.92. The van der Waals surface area contributed by atoms with Gasteiger partial charge in [-0.1, -0.05) is 43.3 Å². The first kappa shape index (κ1) is 22.3. The molecule has 1 atom stereocenters. The van der Waals surface area contributed by atoms with Crippen molar-refractivity contribution in [2.75, 3.05) is 12.4 Å². The minimum absolute atomic E-state index is 0.0498. The molecule has 0 radical (unpaired) electrons. The molecule has 2 aromatic carbocycles. The molecule has 0 unspecified atom stereocenters. The standard InChI is InChI=1S/C26H28N6O/c1-17(2)12-20-16-32(31-30-20)21-13-22(23(28)14-21)26(19-10-8-18(15-27)9-11-19)29-24-6-4-5-7-25(24)33-3/h4-11,16-17,21,28-29H,12-14H2,1-3H3/b26-22-,28-23?/t21-/m0/s1. The Kier molecular flexibility index (Phi) is 6.55. The van der Waals surface area contributed by atoms with E-state index < -0.39 is 0 Å². The number of rotatable bonds is 7. The summed E-state index contributed by atoms with van der Waals surface area (Å²) in [7, 11) is 1.64. The number of nitrogens with zero attached hydrogens (tertiary/aromatic N) is 4. The van der Waals surface area contributed by atoms with Crippen LogP contribution in [0.4, 0.5) is 5.69 Å². The monoisotopic (exact) mass is 440 g/mol. The van der Waals surface area contributed by atoms with Crippen LogP contribution in [0.25, 0.3) is 5.70 Å². The van der Waals surface area contributed by atoms with Crippen molar-refractivity contribution in [1.29, 1.82) is 10.7 Å².